The zero-order chi connectivity index (χ0) is 12.0. The van der Waals surface area contributed by atoms with E-state index < -0.39 is 0 Å². The molecule has 1 unspecified atom stereocenters. The maximum absolute atomic E-state index is 5.65. The maximum atomic E-state index is 5.65. The molecule has 0 aromatic rings. The van der Waals surface area contributed by atoms with Crippen LogP contribution in [-0.2, 0) is 4.74 Å². The van der Waals surface area contributed by atoms with Gasteiger partial charge in [0.25, 0.3) is 0 Å². The van der Waals surface area contributed by atoms with Crippen LogP contribution in [0, 0.1) is 0 Å². The summed E-state index contributed by atoms with van der Waals surface area (Å²) in [5.41, 5.74) is 5.63. The molecule has 1 saturated heterocycles. The summed E-state index contributed by atoms with van der Waals surface area (Å²) in [6.45, 7) is 7.33. The fourth-order valence-corrected chi connectivity index (χ4v) is 2.60. The molecule has 3 nitrogen and oxygen atoms in total. The highest BCUT2D eigenvalue weighted by Crippen LogP contribution is 2.19. The van der Waals surface area contributed by atoms with Crippen molar-refractivity contribution in [3.63, 3.8) is 0 Å². The second-order valence-corrected chi connectivity index (χ2v) is 4.95. The topological polar surface area (TPSA) is 38.5 Å². The van der Waals surface area contributed by atoms with E-state index in [0.717, 1.165) is 45.4 Å². The highest BCUT2D eigenvalue weighted by Gasteiger charge is 2.24. The molecule has 16 heavy (non-hydrogen) atoms. The van der Waals surface area contributed by atoms with Crippen LogP contribution in [0.1, 0.15) is 39.5 Å². The molecule has 0 aromatic heterocycles. The van der Waals surface area contributed by atoms with Gasteiger partial charge in [-0.2, -0.15) is 0 Å². The van der Waals surface area contributed by atoms with Crippen LogP contribution in [0.2, 0.25) is 0 Å². The number of likely N-dealkylation sites (tertiary alicyclic amines) is 1. The van der Waals surface area contributed by atoms with Crippen LogP contribution >= 0.6 is 12.2 Å². The average molecular weight is 244 g/mol. The molecule has 0 radical (unpaired) electrons. The van der Waals surface area contributed by atoms with Gasteiger partial charge in [-0.15, -0.1) is 0 Å². The van der Waals surface area contributed by atoms with Crippen molar-refractivity contribution in [3.8, 4) is 0 Å². The van der Waals surface area contributed by atoms with Gasteiger partial charge in [0.2, 0.25) is 0 Å². The van der Waals surface area contributed by atoms with Gasteiger partial charge in [0, 0.05) is 32.2 Å². The summed E-state index contributed by atoms with van der Waals surface area (Å²) in [7, 11) is 0. The lowest BCUT2D eigenvalue weighted by molar-refractivity contribution is 0.00430. The largest absolute Gasteiger partial charge is 0.393 e. The molecule has 0 aliphatic carbocycles. The van der Waals surface area contributed by atoms with Crippen LogP contribution < -0.4 is 5.73 Å². The van der Waals surface area contributed by atoms with E-state index in [1.807, 2.05) is 0 Å². The lowest BCUT2D eigenvalue weighted by atomic mass is 10.0. The smallest absolute Gasteiger partial charge is 0.0743 e. The van der Waals surface area contributed by atoms with Crippen molar-refractivity contribution < 1.29 is 4.74 Å². The molecule has 0 aromatic carbocycles. The van der Waals surface area contributed by atoms with Gasteiger partial charge < -0.3 is 10.5 Å². The molecule has 1 aliphatic heterocycles. The van der Waals surface area contributed by atoms with E-state index in [1.165, 1.54) is 0 Å². The van der Waals surface area contributed by atoms with Crippen molar-refractivity contribution in [3.05, 3.63) is 0 Å². The molecule has 2 N–H and O–H groups in total. The van der Waals surface area contributed by atoms with Crippen molar-refractivity contribution >= 4 is 17.2 Å². The van der Waals surface area contributed by atoms with Crippen molar-refractivity contribution in [2.75, 3.05) is 19.7 Å². The Morgan fingerprint density at radius 2 is 2.06 bits per heavy atom. The molecule has 4 heteroatoms. The summed E-state index contributed by atoms with van der Waals surface area (Å²) in [6.07, 6.45) is 4.72. The number of hydrogen-bond donors (Lipinski definition) is 1. The van der Waals surface area contributed by atoms with E-state index in [1.54, 1.807) is 0 Å². The Labute approximate surface area is 104 Å². The molecular formula is C12H24N2OS. The first kappa shape index (κ1) is 13.9. The van der Waals surface area contributed by atoms with Crippen LogP contribution in [-0.4, -0.2) is 41.7 Å². The molecule has 0 bridgehead atoms. The molecule has 94 valence electrons. The minimum Gasteiger partial charge on any atom is -0.393 e. The monoisotopic (exact) mass is 244 g/mol. The van der Waals surface area contributed by atoms with Crippen LogP contribution in [0.3, 0.4) is 0 Å². The Bertz CT molecular complexity index is 215. The van der Waals surface area contributed by atoms with Crippen LogP contribution in [0.5, 0.6) is 0 Å². The lowest BCUT2D eigenvalue weighted by Crippen LogP contribution is -2.44. The summed E-state index contributed by atoms with van der Waals surface area (Å²) in [5.74, 6) is 0. The van der Waals surface area contributed by atoms with Crippen molar-refractivity contribution in [2.24, 2.45) is 5.73 Å². The third kappa shape index (κ3) is 4.36. The molecule has 1 fully saturated rings. The second kappa shape index (κ2) is 7.20. The highest BCUT2D eigenvalue weighted by molar-refractivity contribution is 7.80. The minimum atomic E-state index is 0.462. The number of nitrogens with two attached hydrogens (primary N) is 1. The van der Waals surface area contributed by atoms with Crippen molar-refractivity contribution in [1.82, 2.24) is 4.90 Å². The summed E-state index contributed by atoms with van der Waals surface area (Å²) >= 11 is 5.00. The molecule has 1 heterocycles. The first-order chi connectivity index (χ1) is 7.67. The number of rotatable bonds is 6. The molecule has 1 rings (SSSR count). The Morgan fingerprint density at radius 1 is 1.44 bits per heavy atom. The zero-order valence-corrected chi connectivity index (χ0v) is 11.3. The molecule has 1 atom stereocenters. The predicted molar refractivity (Wildman–Crippen MR) is 71.7 cm³/mol. The standard InChI is InChI=1S/C12H24N2OS/c1-3-10(9-12(13)16)14-7-5-11(6-8-14)15-4-2/h10-11H,3-9H2,1-2H3,(H2,13,16). The van der Waals surface area contributed by atoms with Gasteiger partial charge in [0.15, 0.2) is 0 Å². The Balaban J connectivity index is 2.35. The Morgan fingerprint density at radius 3 is 2.50 bits per heavy atom. The van der Waals surface area contributed by atoms with Crippen LogP contribution in [0.15, 0.2) is 0 Å². The van der Waals surface area contributed by atoms with Gasteiger partial charge in [-0.05, 0) is 26.2 Å². The number of thiocarbonyl (C=S) groups is 1. The van der Waals surface area contributed by atoms with E-state index in [0.29, 0.717) is 17.1 Å². The third-order valence-electron chi connectivity index (χ3n) is 3.30. The van der Waals surface area contributed by atoms with Crippen LogP contribution in [0.4, 0.5) is 0 Å². The summed E-state index contributed by atoms with van der Waals surface area (Å²) in [4.78, 5) is 3.15. The summed E-state index contributed by atoms with van der Waals surface area (Å²) < 4.78 is 5.65. The van der Waals surface area contributed by atoms with Gasteiger partial charge in [0.1, 0.15) is 0 Å². The Kier molecular flexibility index (Phi) is 6.24. The number of ether oxygens (including phenoxy) is 1. The SMILES string of the molecule is CCOC1CCN(C(CC)CC(N)=S)CC1. The van der Waals surface area contributed by atoms with Gasteiger partial charge in [-0.1, -0.05) is 19.1 Å². The fraction of sp³-hybridized carbons (Fsp3) is 0.917. The summed E-state index contributed by atoms with van der Waals surface area (Å²) in [6, 6.07) is 0.528. The van der Waals surface area contributed by atoms with Gasteiger partial charge in [0.05, 0.1) is 11.1 Å². The zero-order valence-electron chi connectivity index (χ0n) is 10.4. The normalized spacial score (nSPS) is 20.9. The van der Waals surface area contributed by atoms with Crippen LogP contribution in [0.25, 0.3) is 0 Å². The first-order valence-electron chi connectivity index (χ1n) is 6.31. The summed E-state index contributed by atoms with van der Waals surface area (Å²) in [5, 5.41) is 0. The number of piperidine rings is 1. The van der Waals surface area contributed by atoms with Crippen molar-refractivity contribution in [1.29, 1.82) is 0 Å². The fourth-order valence-electron chi connectivity index (χ4n) is 2.41. The molecular weight excluding hydrogens is 220 g/mol. The number of nitrogens with zero attached hydrogens (tertiary/aromatic N) is 1. The maximum Gasteiger partial charge on any atom is 0.0743 e. The first-order valence-corrected chi connectivity index (χ1v) is 6.72. The predicted octanol–water partition coefficient (Wildman–Crippen LogP) is 1.94. The molecule has 0 saturated carbocycles. The van der Waals surface area contributed by atoms with Gasteiger partial charge >= 0.3 is 0 Å². The van der Waals surface area contributed by atoms with Crippen molar-refractivity contribution in [2.45, 2.75) is 51.7 Å². The average Bonchev–Trinajstić information content (AvgIpc) is 2.27. The van der Waals surface area contributed by atoms with E-state index in [-0.39, 0.29) is 0 Å². The molecule has 0 amide bonds. The quantitative estimate of drug-likeness (QED) is 0.725. The molecule has 1 aliphatic rings. The Hall–Kier alpha value is -0.190. The van der Waals surface area contributed by atoms with E-state index >= 15 is 0 Å². The van der Waals surface area contributed by atoms with Gasteiger partial charge in [-0.25, -0.2) is 0 Å². The minimum absolute atomic E-state index is 0.462. The number of hydrogen-bond acceptors (Lipinski definition) is 3. The van der Waals surface area contributed by atoms with Gasteiger partial charge in [-0.3, -0.25) is 4.90 Å². The third-order valence-corrected chi connectivity index (χ3v) is 3.47. The molecule has 0 spiro atoms. The van der Waals surface area contributed by atoms with E-state index in [2.05, 4.69) is 18.7 Å². The highest BCUT2D eigenvalue weighted by atomic mass is 32.1. The second-order valence-electron chi connectivity index (χ2n) is 4.42. The van der Waals surface area contributed by atoms with E-state index in [9.17, 15) is 0 Å². The lowest BCUT2D eigenvalue weighted by Gasteiger charge is -2.37. The van der Waals surface area contributed by atoms with E-state index in [4.69, 9.17) is 22.7 Å².